The quantitative estimate of drug-likeness (QED) is 0.787. The van der Waals surface area contributed by atoms with Gasteiger partial charge in [-0.2, -0.15) is 5.26 Å². The second kappa shape index (κ2) is 6.32. The van der Waals surface area contributed by atoms with Crippen molar-refractivity contribution in [2.45, 2.75) is 44.9 Å². The lowest BCUT2D eigenvalue weighted by Crippen LogP contribution is -2.13. The van der Waals surface area contributed by atoms with Crippen molar-refractivity contribution in [1.82, 2.24) is 0 Å². The summed E-state index contributed by atoms with van der Waals surface area (Å²) < 4.78 is 13.8. The number of nitriles is 1. The Morgan fingerprint density at radius 2 is 1.95 bits per heavy atom. The minimum absolute atomic E-state index is 0.168. The average Bonchev–Trinajstić information content (AvgIpc) is 2.54. The van der Waals surface area contributed by atoms with E-state index in [1.54, 1.807) is 12.1 Å². The van der Waals surface area contributed by atoms with Gasteiger partial charge in [0.05, 0.1) is 5.56 Å². The van der Waals surface area contributed by atoms with Crippen molar-refractivity contribution in [3.63, 3.8) is 0 Å². The number of benzene rings is 2. The van der Waals surface area contributed by atoms with Gasteiger partial charge in [-0.05, 0) is 66.0 Å². The Kier molecular flexibility index (Phi) is 4.24. The second-order valence-corrected chi connectivity index (χ2v) is 6.14. The fraction of sp³-hybridized carbons (Fsp3) is 0.350. The first-order valence-corrected chi connectivity index (χ1v) is 8.01. The smallest absolute Gasteiger partial charge is 0.141 e. The first kappa shape index (κ1) is 14.8. The van der Waals surface area contributed by atoms with Crippen molar-refractivity contribution in [2.24, 2.45) is 0 Å². The van der Waals surface area contributed by atoms with Gasteiger partial charge in [0, 0.05) is 0 Å². The zero-order chi connectivity index (χ0) is 15.5. The summed E-state index contributed by atoms with van der Waals surface area (Å²) in [5.41, 5.74) is 5.09. The summed E-state index contributed by atoms with van der Waals surface area (Å²) >= 11 is 0. The van der Waals surface area contributed by atoms with E-state index in [2.05, 4.69) is 31.2 Å². The SMILES string of the molecule is CCCc1ccc(C2CCc3cc(C#N)c(F)cc3C2)cc1. The third-order valence-electron chi connectivity index (χ3n) is 4.63. The fourth-order valence-electron chi connectivity index (χ4n) is 3.39. The van der Waals surface area contributed by atoms with E-state index in [9.17, 15) is 4.39 Å². The number of halogens is 1. The Bertz CT molecular complexity index is 710. The van der Waals surface area contributed by atoms with Gasteiger partial charge in [0.2, 0.25) is 0 Å². The average molecular weight is 293 g/mol. The molecule has 1 aliphatic carbocycles. The van der Waals surface area contributed by atoms with Crippen LogP contribution < -0.4 is 0 Å². The molecule has 0 spiro atoms. The Morgan fingerprint density at radius 3 is 2.64 bits per heavy atom. The van der Waals surface area contributed by atoms with Crippen molar-refractivity contribution in [1.29, 1.82) is 5.26 Å². The predicted molar refractivity (Wildman–Crippen MR) is 86.3 cm³/mol. The van der Waals surface area contributed by atoms with Gasteiger partial charge >= 0.3 is 0 Å². The molecule has 0 fully saturated rings. The van der Waals surface area contributed by atoms with Crippen LogP contribution in [0.3, 0.4) is 0 Å². The lowest BCUT2D eigenvalue weighted by atomic mass is 9.79. The molecule has 2 aromatic carbocycles. The maximum atomic E-state index is 13.8. The van der Waals surface area contributed by atoms with E-state index in [1.807, 2.05) is 6.07 Å². The maximum absolute atomic E-state index is 13.8. The van der Waals surface area contributed by atoms with Crippen molar-refractivity contribution in [2.75, 3.05) is 0 Å². The van der Waals surface area contributed by atoms with Crippen molar-refractivity contribution in [3.8, 4) is 6.07 Å². The first-order chi connectivity index (χ1) is 10.7. The van der Waals surface area contributed by atoms with Crippen molar-refractivity contribution in [3.05, 3.63) is 70.0 Å². The van der Waals surface area contributed by atoms with Crippen LogP contribution in [0.15, 0.2) is 36.4 Å². The molecule has 0 saturated carbocycles. The molecule has 112 valence electrons. The normalized spacial score (nSPS) is 16.9. The second-order valence-electron chi connectivity index (χ2n) is 6.14. The predicted octanol–water partition coefficient (Wildman–Crippen LogP) is 4.92. The highest BCUT2D eigenvalue weighted by Gasteiger charge is 2.21. The fourth-order valence-corrected chi connectivity index (χ4v) is 3.39. The molecule has 1 nitrogen and oxygen atoms in total. The largest absolute Gasteiger partial charge is 0.206 e. The highest BCUT2D eigenvalue weighted by atomic mass is 19.1. The van der Waals surface area contributed by atoms with E-state index < -0.39 is 0 Å². The first-order valence-electron chi connectivity index (χ1n) is 8.01. The molecule has 2 aromatic rings. The molecular weight excluding hydrogens is 273 g/mol. The van der Waals surface area contributed by atoms with Gasteiger partial charge in [-0.1, -0.05) is 37.6 Å². The van der Waals surface area contributed by atoms with Gasteiger partial charge in [0.1, 0.15) is 11.9 Å². The monoisotopic (exact) mass is 293 g/mol. The maximum Gasteiger partial charge on any atom is 0.141 e. The minimum Gasteiger partial charge on any atom is -0.206 e. The number of nitrogens with zero attached hydrogens (tertiary/aromatic N) is 1. The topological polar surface area (TPSA) is 23.8 Å². The summed E-state index contributed by atoms with van der Waals surface area (Å²) in [6, 6.07) is 14.1. The molecule has 0 N–H and O–H groups in total. The molecule has 1 unspecified atom stereocenters. The van der Waals surface area contributed by atoms with E-state index >= 15 is 0 Å². The van der Waals surface area contributed by atoms with E-state index in [0.717, 1.165) is 43.2 Å². The van der Waals surface area contributed by atoms with E-state index in [-0.39, 0.29) is 11.4 Å². The summed E-state index contributed by atoms with van der Waals surface area (Å²) in [5.74, 6) is 0.0655. The highest BCUT2D eigenvalue weighted by Crippen LogP contribution is 2.34. The van der Waals surface area contributed by atoms with E-state index in [1.165, 1.54) is 11.1 Å². The van der Waals surface area contributed by atoms with Crippen LogP contribution in [0.5, 0.6) is 0 Å². The van der Waals surface area contributed by atoms with Crippen LogP contribution in [-0.2, 0) is 19.3 Å². The van der Waals surface area contributed by atoms with Crippen molar-refractivity contribution < 1.29 is 4.39 Å². The summed E-state index contributed by atoms with van der Waals surface area (Å²) in [4.78, 5) is 0. The summed E-state index contributed by atoms with van der Waals surface area (Å²) in [5, 5.41) is 8.93. The summed E-state index contributed by atoms with van der Waals surface area (Å²) in [7, 11) is 0. The molecule has 0 radical (unpaired) electrons. The molecule has 0 aliphatic heterocycles. The lowest BCUT2D eigenvalue weighted by Gasteiger charge is -2.25. The van der Waals surface area contributed by atoms with Gasteiger partial charge in [0.15, 0.2) is 0 Å². The number of hydrogen-bond donors (Lipinski definition) is 0. The molecule has 1 atom stereocenters. The Hall–Kier alpha value is -2.14. The number of rotatable bonds is 3. The molecule has 0 amide bonds. The van der Waals surface area contributed by atoms with Gasteiger partial charge in [-0.15, -0.1) is 0 Å². The lowest BCUT2D eigenvalue weighted by molar-refractivity contribution is 0.570. The van der Waals surface area contributed by atoms with E-state index in [0.29, 0.717) is 5.92 Å². The Labute approximate surface area is 131 Å². The number of aryl methyl sites for hydroxylation is 2. The Balaban J connectivity index is 1.82. The molecule has 0 heterocycles. The standard InChI is InChI=1S/C20H20FN/c1-2-3-14-4-6-15(7-5-14)16-8-9-17-11-19(13-22)20(21)12-18(17)10-16/h4-7,11-12,16H,2-3,8-10H2,1H3. The number of hydrogen-bond acceptors (Lipinski definition) is 1. The van der Waals surface area contributed by atoms with Crippen LogP contribution in [0.25, 0.3) is 0 Å². The molecule has 3 rings (SSSR count). The number of fused-ring (bicyclic) bond motifs is 1. The molecule has 0 bridgehead atoms. The zero-order valence-corrected chi connectivity index (χ0v) is 12.9. The van der Waals surface area contributed by atoms with Crippen LogP contribution in [0, 0.1) is 17.1 Å². The van der Waals surface area contributed by atoms with Crippen LogP contribution in [0.1, 0.15) is 53.5 Å². The van der Waals surface area contributed by atoms with Crippen LogP contribution in [0.4, 0.5) is 4.39 Å². The van der Waals surface area contributed by atoms with Gasteiger partial charge in [0.25, 0.3) is 0 Å². The van der Waals surface area contributed by atoms with Gasteiger partial charge in [-0.25, -0.2) is 4.39 Å². The molecule has 1 aliphatic rings. The summed E-state index contributed by atoms with van der Waals surface area (Å²) in [6.07, 6.45) is 5.14. The third-order valence-corrected chi connectivity index (χ3v) is 4.63. The minimum atomic E-state index is -0.389. The molecule has 0 saturated heterocycles. The Morgan fingerprint density at radius 1 is 1.18 bits per heavy atom. The highest BCUT2D eigenvalue weighted by molar-refractivity contribution is 5.42. The van der Waals surface area contributed by atoms with Gasteiger partial charge in [-0.3, -0.25) is 0 Å². The molecular formula is C20H20FN. The molecule has 22 heavy (non-hydrogen) atoms. The summed E-state index contributed by atoms with van der Waals surface area (Å²) in [6.45, 7) is 2.19. The third kappa shape index (κ3) is 2.90. The van der Waals surface area contributed by atoms with Gasteiger partial charge < -0.3 is 0 Å². The zero-order valence-electron chi connectivity index (χ0n) is 12.9. The van der Waals surface area contributed by atoms with E-state index in [4.69, 9.17) is 5.26 Å². The van der Waals surface area contributed by atoms with Crippen molar-refractivity contribution >= 4 is 0 Å². The van der Waals surface area contributed by atoms with Crippen LogP contribution in [-0.4, -0.2) is 0 Å². The molecule has 0 aromatic heterocycles. The molecule has 2 heteroatoms. The van der Waals surface area contributed by atoms with Crippen LogP contribution >= 0.6 is 0 Å². The van der Waals surface area contributed by atoms with Crippen LogP contribution in [0.2, 0.25) is 0 Å².